The molecule has 92 valence electrons. The Bertz CT molecular complexity index is 354. The van der Waals surface area contributed by atoms with Gasteiger partial charge in [-0.15, -0.1) is 0 Å². The van der Waals surface area contributed by atoms with Gasteiger partial charge in [0.2, 0.25) is 5.78 Å². The van der Waals surface area contributed by atoms with Crippen LogP contribution in [-0.2, 0) is 9.53 Å². The number of hydrogen-bond donors (Lipinski definition) is 0. The number of rotatable bonds is 2. The van der Waals surface area contributed by atoms with Crippen LogP contribution in [0.3, 0.4) is 0 Å². The molecule has 0 N–H and O–H groups in total. The molecule has 0 atom stereocenters. The van der Waals surface area contributed by atoms with Crippen LogP contribution in [0.2, 0.25) is 0 Å². The zero-order valence-corrected chi connectivity index (χ0v) is 10.2. The Balaban J connectivity index is 1.60. The number of carbonyl (C=O) groups excluding carboxylic acids is 1. The second-order valence-electron chi connectivity index (χ2n) is 6.53. The van der Waals surface area contributed by atoms with E-state index >= 15 is 0 Å². The molecule has 0 aromatic heterocycles. The number of allylic oxidation sites excluding steroid dienone is 1. The predicted octanol–water partition coefficient (Wildman–Crippen LogP) is 2.93. The van der Waals surface area contributed by atoms with Gasteiger partial charge in [0, 0.05) is 12.3 Å². The molecule has 1 heterocycles. The van der Waals surface area contributed by atoms with Crippen LogP contribution in [0, 0.1) is 29.6 Å². The topological polar surface area (TPSA) is 26.3 Å². The zero-order chi connectivity index (χ0) is 11.4. The Morgan fingerprint density at radius 3 is 2.24 bits per heavy atom. The maximum Gasteiger partial charge on any atom is 0.200 e. The summed E-state index contributed by atoms with van der Waals surface area (Å²) in [7, 11) is 0. The summed E-state index contributed by atoms with van der Waals surface area (Å²) in [5.74, 6) is 4.61. The molecule has 2 nitrogen and oxygen atoms in total. The molecule has 5 aliphatic rings. The molecular formula is C15H20O2. The van der Waals surface area contributed by atoms with Gasteiger partial charge in [-0.3, -0.25) is 4.79 Å². The summed E-state index contributed by atoms with van der Waals surface area (Å²) in [6.07, 6.45) is 9.65. The average molecular weight is 232 g/mol. The van der Waals surface area contributed by atoms with E-state index in [-0.39, 0.29) is 0 Å². The van der Waals surface area contributed by atoms with Crippen molar-refractivity contribution in [2.75, 3.05) is 6.61 Å². The van der Waals surface area contributed by atoms with Gasteiger partial charge in [-0.05, 0) is 61.9 Å². The highest BCUT2D eigenvalue weighted by molar-refractivity contribution is 5.96. The number of hydrogen-bond acceptors (Lipinski definition) is 2. The van der Waals surface area contributed by atoms with E-state index in [2.05, 4.69) is 0 Å². The summed E-state index contributed by atoms with van der Waals surface area (Å²) in [5.41, 5.74) is 0. The molecule has 0 aromatic rings. The van der Waals surface area contributed by atoms with Gasteiger partial charge < -0.3 is 4.74 Å². The maximum atomic E-state index is 12.5. The first-order chi connectivity index (χ1) is 8.31. The lowest BCUT2D eigenvalue weighted by atomic mass is 9.51. The Hall–Kier alpha value is -0.790. The van der Waals surface area contributed by atoms with E-state index < -0.39 is 0 Å². The van der Waals surface area contributed by atoms with E-state index in [0.29, 0.717) is 35.9 Å². The monoisotopic (exact) mass is 232 g/mol. The van der Waals surface area contributed by atoms with Crippen molar-refractivity contribution < 1.29 is 9.53 Å². The lowest BCUT2D eigenvalue weighted by Gasteiger charge is -2.53. The minimum absolute atomic E-state index is 0.312. The van der Waals surface area contributed by atoms with Gasteiger partial charge in [0.15, 0.2) is 5.76 Å². The van der Waals surface area contributed by atoms with Crippen molar-refractivity contribution in [2.24, 2.45) is 29.6 Å². The van der Waals surface area contributed by atoms with E-state index in [1.807, 2.05) is 6.08 Å². The number of ether oxygens (including phenoxy) is 1. The first-order valence-corrected chi connectivity index (χ1v) is 7.18. The van der Waals surface area contributed by atoms with Gasteiger partial charge in [-0.1, -0.05) is 0 Å². The molecule has 1 aliphatic heterocycles. The molecule has 5 rings (SSSR count). The van der Waals surface area contributed by atoms with Crippen LogP contribution >= 0.6 is 0 Å². The largest absolute Gasteiger partial charge is 0.490 e. The fourth-order valence-electron chi connectivity index (χ4n) is 5.11. The van der Waals surface area contributed by atoms with Crippen LogP contribution in [0.25, 0.3) is 0 Å². The molecule has 0 saturated heterocycles. The van der Waals surface area contributed by atoms with Crippen LogP contribution in [-0.4, -0.2) is 12.4 Å². The first kappa shape index (κ1) is 10.2. The summed E-state index contributed by atoms with van der Waals surface area (Å²) in [5, 5.41) is 0. The van der Waals surface area contributed by atoms with Crippen molar-refractivity contribution >= 4 is 5.78 Å². The van der Waals surface area contributed by atoms with E-state index in [1.165, 1.54) is 32.1 Å². The van der Waals surface area contributed by atoms with Crippen LogP contribution in [0.1, 0.15) is 38.5 Å². The zero-order valence-electron chi connectivity index (χ0n) is 10.2. The molecule has 4 fully saturated rings. The molecule has 4 bridgehead atoms. The Morgan fingerprint density at radius 2 is 1.71 bits per heavy atom. The summed E-state index contributed by atoms with van der Waals surface area (Å²) in [6, 6.07) is 0. The van der Waals surface area contributed by atoms with Crippen molar-refractivity contribution in [3.05, 3.63) is 11.8 Å². The molecule has 2 heteroatoms. The average Bonchev–Trinajstić information content (AvgIpc) is 2.80. The lowest BCUT2D eigenvalue weighted by molar-refractivity contribution is -0.135. The normalized spacial score (nSPS) is 46.8. The van der Waals surface area contributed by atoms with Crippen molar-refractivity contribution in [1.82, 2.24) is 0 Å². The Kier molecular flexibility index (Phi) is 2.15. The number of carbonyl (C=O) groups is 1. The summed E-state index contributed by atoms with van der Waals surface area (Å²) in [6.45, 7) is 0.717. The standard InChI is InChI=1S/C15H20O2/c16-15(13-2-1-3-17-13)14-11-5-9-4-10(7-11)8-12(14)6-9/h2,9-12,14H,1,3-8H2. The highest BCUT2D eigenvalue weighted by Gasteiger charge is 2.51. The van der Waals surface area contributed by atoms with Crippen LogP contribution in [0.15, 0.2) is 11.8 Å². The van der Waals surface area contributed by atoms with Gasteiger partial charge in [-0.2, -0.15) is 0 Å². The van der Waals surface area contributed by atoms with Crippen molar-refractivity contribution in [3.63, 3.8) is 0 Å². The van der Waals surface area contributed by atoms with Crippen LogP contribution in [0.5, 0.6) is 0 Å². The summed E-state index contributed by atoms with van der Waals surface area (Å²) < 4.78 is 5.48. The third kappa shape index (κ3) is 1.49. The van der Waals surface area contributed by atoms with Crippen LogP contribution < -0.4 is 0 Å². The van der Waals surface area contributed by atoms with Gasteiger partial charge in [0.05, 0.1) is 6.61 Å². The molecular weight excluding hydrogens is 212 g/mol. The highest BCUT2D eigenvalue weighted by atomic mass is 16.5. The fourth-order valence-corrected chi connectivity index (χ4v) is 5.11. The predicted molar refractivity (Wildman–Crippen MR) is 64.2 cm³/mol. The van der Waals surface area contributed by atoms with Crippen molar-refractivity contribution in [3.8, 4) is 0 Å². The maximum absolute atomic E-state index is 12.5. The number of ketones is 1. The summed E-state index contributed by atoms with van der Waals surface area (Å²) in [4.78, 5) is 12.5. The van der Waals surface area contributed by atoms with Crippen molar-refractivity contribution in [1.29, 1.82) is 0 Å². The molecule has 4 saturated carbocycles. The second-order valence-corrected chi connectivity index (χ2v) is 6.53. The molecule has 4 aliphatic carbocycles. The Morgan fingerprint density at radius 1 is 1.06 bits per heavy atom. The Labute approximate surface area is 102 Å². The minimum Gasteiger partial charge on any atom is -0.490 e. The number of Topliss-reactive ketones (excluding diaryl/α,β-unsaturated/α-hetero) is 1. The smallest absolute Gasteiger partial charge is 0.200 e. The van der Waals surface area contributed by atoms with Gasteiger partial charge in [0.1, 0.15) is 0 Å². The highest BCUT2D eigenvalue weighted by Crippen LogP contribution is 2.57. The minimum atomic E-state index is 0.312. The molecule has 0 aromatic carbocycles. The van der Waals surface area contributed by atoms with Gasteiger partial charge in [0.25, 0.3) is 0 Å². The van der Waals surface area contributed by atoms with Crippen molar-refractivity contribution in [2.45, 2.75) is 38.5 Å². The fraction of sp³-hybridized carbons (Fsp3) is 0.800. The van der Waals surface area contributed by atoms with Crippen LogP contribution in [0.4, 0.5) is 0 Å². The molecule has 0 radical (unpaired) electrons. The molecule has 0 spiro atoms. The molecule has 17 heavy (non-hydrogen) atoms. The van der Waals surface area contributed by atoms with Gasteiger partial charge >= 0.3 is 0 Å². The van der Waals surface area contributed by atoms with E-state index in [0.717, 1.165) is 18.3 Å². The van der Waals surface area contributed by atoms with E-state index in [4.69, 9.17) is 4.74 Å². The third-order valence-electron chi connectivity index (χ3n) is 5.48. The van der Waals surface area contributed by atoms with E-state index in [9.17, 15) is 4.79 Å². The second kappa shape index (κ2) is 3.60. The van der Waals surface area contributed by atoms with E-state index in [1.54, 1.807) is 0 Å². The summed E-state index contributed by atoms with van der Waals surface area (Å²) >= 11 is 0. The quantitative estimate of drug-likeness (QED) is 0.731. The first-order valence-electron chi connectivity index (χ1n) is 7.18. The lowest BCUT2D eigenvalue weighted by Crippen LogP contribution is -2.48. The SMILES string of the molecule is O=C(C1=CCCO1)C1C2CC3CC(C2)CC1C3. The molecule has 0 amide bonds. The third-order valence-corrected chi connectivity index (χ3v) is 5.48. The molecule has 0 unspecified atom stereocenters. The van der Waals surface area contributed by atoms with Gasteiger partial charge in [-0.25, -0.2) is 0 Å².